The average Bonchev–Trinajstić information content (AvgIpc) is 3.11. The van der Waals surface area contributed by atoms with Crippen molar-refractivity contribution in [2.75, 3.05) is 17.3 Å². The fourth-order valence-corrected chi connectivity index (χ4v) is 7.85. The van der Waals surface area contributed by atoms with E-state index in [1.165, 1.54) is 37.4 Å². The smallest absolute Gasteiger partial charge is 0.230 e. The molecule has 1 aliphatic heterocycles. The van der Waals surface area contributed by atoms with Gasteiger partial charge in [-0.1, -0.05) is 6.42 Å². The van der Waals surface area contributed by atoms with Crippen LogP contribution in [0.2, 0.25) is 0 Å². The Bertz CT molecular complexity index is 505. The van der Waals surface area contributed by atoms with E-state index in [0.29, 0.717) is 18.1 Å². The van der Waals surface area contributed by atoms with E-state index < -0.39 is 9.84 Å². The summed E-state index contributed by atoms with van der Waals surface area (Å²) in [7, 11) is -2.84. The molecule has 1 saturated heterocycles. The number of amides is 1. The number of carbonyl (C=O) groups is 1. The van der Waals surface area contributed by atoms with Crippen LogP contribution in [-0.4, -0.2) is 42.9 Å². The average molecular weight is 332 g/mol. The zero-order valence-electron chi connectivity index (χ0n) is 12.6. The molecule has 1 N–H and O–H groups in total. The summed E-state index contributed by atoms with van der Waals surface area (Å²) in [4.78, 5) is 12.1. The maximum absolute atomic E-state index is 12.1. The Hall–Kier alpha value is -0.230. The molecular weight excluding hydrogens is 306 g/mol. The predicted molar refractivity (Wildman–Crippen MR) is 86.1 cm³/mol. The van der Waals surface area contributed by atoms with Crippen LogP contribution in [-0.2, 0) is 14.6 Å². The molecule has 0 aromatic heterocycles. The van der Waals surface area contributed by atoms with Crippen LogP contribution in [0.5, 0.6) is 0 Å². The molecule has 1 heterocycles. The van der Waals surface area contributed by atoms with Crippen LogP contribution in [0, 0.1) is 17.8 Å². The Balaban J connectivity index is 1.40. The number of hydrogen-bond acceptors (Lipinski definition) is 4. The lowest BCUT2D eigenvalue weighted by Gasteiger charge is -2.28. The highest BCUT2D eigenvalue weighted by Crippen LogP contribution is 2.49. The standard InChI is InChI=1S/C15H25NO3S2/c1-10(14-7-11-2-3-12(14)6-11)16-15(17)8-20-13-4-5-21(18,19)9-13/h10-14H,2-9H2,1H3,(H,16,17). The van der Waals surface area contributed by atoms with Crippen LogP contribution in [0.4, 0.5) is 0 Å². The van der Waals surface area contributed by atoms with Crippen LogP contribution in [0.3, 0.4) is 0 Å². The summed E-state index contributed by atoms with van der Waals surface area (Å²) in [6.07, 6.45) is 6.06. The molecule has 3 aliphatic rings. The summed E-state index contributed by atoms with van der Waals surface area (Å²) < 4.78 is 22.8. The van der Waals surface area contributed by atoms with E-state index in [1.807, 2.05) is 0 Å². The van der Waals surface area contributed by atoms with Crippen molar-refractivity contribution in [1.29, 1.82) is 0 Å². The largest absolute Gasteiger partial charge is 0.353 e. The number of sulfone groups is 1. The van der Waals surface area contributed by atoms with Gasteiger partial charge in [0.15, 0.2) is 9.84 Å². The molecule has 2 bridgehead atoms. The van der Waals surface area contributed by atoms with E-state index >= 15 is 0 Å². The number of carbonyl (C=O) groups excluding carboxylic acids is 1. The van der Waals surface area contributed by atoms with E-state index in [0.717, 1.165) is 11.8 Å². The van der Waals surface area contributed by atoms with Gasteiger partial charge in [0, 0.05) is 11.3 Å². The Morgan fingerprint density at radius 3 is 2.67 bits per heavy atom. The van der Waals surface area contributed by atoms with E-state index in [2.05, 4.69) is 12.2 Å². The molecule has 1 amide bonds. The summed E-state index contributed by atoms with van der Waals surface area (Å²) in [5.74, 6) is 3.37. The summed E-state index contributed by atoms with van der Waals surface area (Å²) in [5, 5.41) is 3.25. The first-order valence-corrected chi connectivity index (χ1v) is 10.9. The van der Waals surface area contributed by atoms with Gasteiger partial charge >= 0.3 is 0 Å². The molecule has 0 aromatic rings. The summed E-state index contributed by atoms with van der Waals surface area (Å²) in [6.45, 7) is 2.13. The molecule has 2 saturated carbocycles. The van der Waals surface area contributed by atoms with E-state index in [1.54, 1.807) is 0 Å². The predicted octanol–water partition coefficient (Wildman–Crippen LogP) is 1.85. The number of nitrogens with one attached hydrogen (secondary N) is 1. The number of hydrogen-bond donors (Lipinski definition) is 1. The molecule has 0 radical (unpaired) electrons. The van der Waals surface area contributed by atoms with E-state index in [9.17, 15) is 13.2 Å². The van der Waals surface area contributed by atoms with Gasteiger partial charge in [-0.25, -0.2) is 8.42 Å². The second-order valence-corrected chi connectivity index (χ2v) is 10.5. The molecule has 120 valence electrons. The maximum atomic E-state index is 12.1. The molecule has 21 heavy (non-hydrogen) atoms. The number of fused-ring (bicyclic) bond motifs is 2. The molecule has 6 heteroatoms. The van der Waals surface area contributed by atoms with Gasteiger partial charge in [-0.3, -0.25) is 4.79 Å². The molecule has 0 spiro atoms. The summed E-state index contributed by atoms with van der Waals surface area (Å²) in [6, 6.07) is 0.265. The van der Waals surface area contributed by atoms with E-state index in [4.69, 9.17) is 0 Å². The third kappa shape index (κ3) is 3.76. The highest BCUT2D eigenvalue weighted by atomic mass is 32.2. The number of thioether (sulfide) groups is 1. The highest BCUT2D eigenvalue weighted by Gasteiger charge is 2.42. The van der Waals surface area contributed by atoms with Crippen LogP contribution in [0.25, 0.3) is 0 Å². The monoisotopic (exact) mass is 331 g/mol. The normalized spacial score (nSPS) is 38.5. The zero-order chi connectivity index (χ0) is 15.0. The topological polar surface area (TPSA) is 63.2 Å². The van der Waals surface area contributed by atoms with Crippen molar-refractivity contribution < 1.29 is 13.2 Å². The van der Waals surface area contributed by atoms with Crippen molar-refractivity contribution in [2.24, 2.45) is 17.8 Å². The minimum Gasteiger partial charge on any atom is -0.353 e. The summed E-state index contributed by atoms with van der Waals surface area (Å²) >= 11 is 1.50. The lowest BCUT2D eigenvalue weighted by Crippen LogP contribution is -2.41. The third-order valence-corrected chi connectivity index (χ3v) is 8.75. The molecule has 5 atom stereocenters. The molecule has 0 aromatic carbocycles. The molecular formula is C15H25NO3S2. The zero-order valence-corrected chi connectivity index (χ0v) is 14.2. The van der Waals surface area contributed by atoms with Crippen molar-refractivity contribution in [3.8, 4) is 0 Å². The van der Waals surface area contributed by atoms with Gasteiger partial charge in [0.05, 0.1) is 17.3 Å². The lowest BCUT2D eigenvalue weighted by atomic mass is 9.84. The Morgan fingerprint density at radius 2 is 2.10 bits per heavy atom. The quantitative estimate of drug-likeness (QED) is 0.835. The van der Waals surface area contributed by atoms with Crippen molar-refractivity contribution in [3.05, 3.63) is 0 Å². The van der Waals surface area contributed by atoms with Gasteiger partial charge in [0.2, 0.25) is 5.91 Å². The van der Waals surface area contributed by atoms with Crippen molar-refractivity contribution >= 4 is 27.5 Å². The molecule has 2 aliphatic carbocycles. The van der Waals surface area contributed by atoms with Gasteiger partial charge in [-0.2, -0.15) is 0 Å². The Morgan fingerprint density at radius 1 is 1.29 bits per heavy atom. The highest BCUT2D eigenvalue weighted by molar-refractivity contribution is 8.02. The minimum atomic E-state index is -2.84. The van der Waals surface area contributed by atoms with Crippen LogP contribution in [0.1, 0.15) is 39.0 Å². The first-order valence-electron chi connectivity index (χ1n) is 8.04. The van der Waals surface area contributed by atoms with Crippen LogP contribution >= 0.6 is 11.8 Å². The second kappa shape index (κ2) is 6.11. The first kappa shape index (κ1) is 15.7. The first-order chi connectivity index (χ1) is 9.93. The van der Waals surface area contributed by atoms with Crippen molar-refractivity contribution in [1.82, 2.24) is 5.32 Å². The van der Waals surface area contributed by atoms with Crippen LogP contribution in [0.15, 0.2) is 0 Å². The lowest BCUT2D eigenvalue weighted by molar-refractivity contribution is -0.119. The molecule has 5 unspecified atom stereocenters. The maximum Gasteiger partial charge on any atom is 0.230 e. The van der Waals surface area contributed by atoms with Gasteiger partial charge in [-0.15, -0.1) is 11.8 Å². The Labute approximate surface area is 131 Å². The van der Waals surface area contributed by atoms with Crippen molar-refractivity contribution in [2.45, 2.75) is 50.3 Å². The van der Waals surface area contributed by atoms with E-state index in [-0.39, 0.29) is 28.7 Å². The van der Waals surface area contributed by atoms with Gasteiger partial charge in [0.1, 0.15) is 0 Å². The summed E-state index contributed by atoms with van der Waals surface area (Å²) in [5.41, 5.74) is 0. The van der Waals surface area contributed by atoms with Gasteiger partial charge in [-0.05, 0) is 50.4 Å². The van der Waals surface area contributed by atoms with Crippen molar-refractivity contribution in [3.63, 3.8) is 0 Å². The molecule has 3 rings (SSSR count). The fraction of sp³-hybridized carbons (Fsp3) is 0.933. The Kier molecular flexibility index (Phi) is 4.55. The second-order valence-electron chi connectivity index (χ2n) is 7.03. The molecule has 4 nitrogen and oxygen atoms in total. The van der Waals surface area contributed by atoms with Gasteiger partial charge < -0.3 is 5.32 Å². The molecule has 3 fully saturated rings. The number of rotatable bonds is 5. The third-order valence-electron chi connectivity index (χ3n) is 5.46. The van der Waals surface area contributed by atoms with Gasteiger partial charge in [0.25, 0.3) is 0 Å². The minimum absolute atomic E-state index is 0.0690. The van der Waals surface area contributed by atoms with Crippen LogP contribution < -0.4 is 5.32 Å². The SMILES string of the molecule is CC(NC(=O)CSC1CCS(=O)(=O)C1)C1CC2CCC1C2. The fourth-order valence-electron chi connectivity index (χ4n) is 4.39.